The number of primary amides is 1. The van der Waals surface area contributed by atoms with Crippen molar-refractivity contribution in [2.75, 3.05) is 32.8 Å². The number of pyridine rings is 2. The van der Waals surface area contributed by atoms with E-state index in [-0.39, 0.29) is 30.9 Å². The predicted octanol–water partition coefficient (Wildman–Crippen LogP) is 8.97. The van der Waals surface area contributed by atoms with Crippen LogP contribution in [0.2, 0.25) is 0 Å². The summed E-state index contributed by atoms with van der Waals surface area (Å²) in [5, 5.41) is 55.9. The number of nitrogens with two attached hydrogens (primary N) is 1. The number of benzene rings is 2. The number of likely N-dealkylation sites (tertiary alicyclic amines) is 1. The van der Waals surface area contributed by atoms with Gasteiger partial charge in [0.2, 0.25) is 0 Å². The van der Waals surface area contributed by atoms with Gasteiger partial charge in [0, 0.05) is 80.4 Å². The van der Waals surface area contributed by atoms with Crippen LogP contribution in [0.3, 0.4) is 0 Å². The number of ether oxygens (including phenoxy) is 15. The molecule has 3 amide bonds. The minimum Gasteiger partial charge on any atom is -0.456 e. The van der Waals surface area contributed by atoms with Gasteiger partial charge in [0.05, 0.1) is 48.4 Å². The molecule has 5 saturated heterocycles. The monoisotopic (exact) mass is 1800 g/mol. The molecule has 9 fully saturated rings. The molecule has 7 heterocycles. The molecule has 700 valence electrons. The third-order valence-corrected chi connectivity index (χ3v) is 28.0. The molecule has 36 heteroatoms. The first-order chi connectivity index (χ1) is 60.5. The number of aromatic nitrogens is 2. The molecule has 4 aromatic rings. The van der Waals surface area contributed by atoms with Crippen LogP contribution in [0, 0.1) is 45.1 Å². The summed E-state index contributed by atoms with van der Waals surface area (Å²) in [4.78, 5) is 131. The molecule has 24 atom stereocenters. The van der Waals surface area contributed by atoms with Crippen molar-refractivity contribution in [3.8, 4) is 0 Å². The highest BCUT2D eigenvalue weighted by Gasteiger charge is 2.80. The molecule has 2 aromatic heterocycles. The molecule has 6 aliphatic carbocycles. The normalized spacial score (nSPS) is 34.2. The molecule has 2 aromatic carbocycles. The Morgan fingerprint density at radius 1 is 0.581 bits per heavy atom. The Bertz CT molecular complexity index is 5060. The third kappa shape index (κ3) is 17.4. The highest BCUT2D eigenvalue weighted by molar-refractivity contribution is 5.90. The molecule has 0 radical (unpaired) electrons. The van der Waals surface area contributed by atoms with Gasteiger partial charge in [-0.1, -0.05) is 84.5 Å². The summed E-state index contributed by atoms with van der Waals surface area (Å²) in [6.07, 6.45) is -15.7. The zero-order valence-corrected chi connectivity index (χ0v) is 75.0. The number of aliphatic hydroxyl groups is 4. The second-order valence-corrected chi connectivity index (χ2v) is 39.1. The molecule has 34 nitrogen and oxygen atoms in total. The van der Waals surface area contributed by atoms with Crippen molar-refractivity contribution in [3.63, 3.8) is 0 Å². The number of hydrogen-bond donors (Lipinski definition) is 7. The van der Waals surface area contributed by atoms with Gasteiger partial charge >= 0.3 is 54.1 Å². The molecular weight excluding hydrogens is 1690 g/mol. The quantitative estimate of drug-likeness (QED) is 0.0246. The van der Waals surface area contributed by atoms with E-state index in [2.05, 4.69) is 27.2 Å². The number of amides is 3. The van der Waals surface area contributed by atoms with E-state index in [0.717, 1.165) is 12.1 Å². The van der Waals surface area contributed by atoms with Gasteiger partial charge in [-0.15, -0.1) is 0 Å². The number of nitrogens with zero attached hydrogens (tertiary/aromatic N) is 3. The Labute approximate surface area is 745 Å². The average Bonchev–Trinajstić information content (AvgIpc) is 1.66. The Kier molecular flexibility index (Phi) is 26.0. The number of hydrogen-bond acceptors (Lipinski definition) is 31. The van der Waals surface area contributed by atoms with Crippen molar-refractivity contribution < 1.29 is 143 Å². The van der Waals surface area contributed by atoms with E-state index >= 15 is 8.78 Å². The summed E-state index contributed by atoms with van der Waals surface area (Å²) in [5.41, 5.74) is -7.59. The summed E-state index contributed by atoms with van der Waals surface area (Å²) < 4.78 is 124. The highest BCUT2D eigenvalue weighted by Crippen LogP contribution is 2.70. The molecule has 15 rings (SSSR count). The number of alkyl carbamates (subject to hydrolysis) is 2. The largest absolute Gasteiger partial charge is 0.456 e. The SMILES string of the molecule is C=C[C@@H]1O[C@@H]2C3=C(C)[C@@H](OC(=O)[C@H](O)[C@@H](NC(=O)OC(C)(C)C)c4ncccc4F)C[C@@](O)([C@@H](OC(=O)c4ccccc4)[C@H]4[C@@](C)(CC[C@H]5OC[C@]54OC(C)=O)[C@@H]2O1)C3(C)C.CC(=O)O[C@@]12CO[C@@H]1CC[C@@]1(C)[C@@H]3O[C@H](CN4CC(OC(N)=O)C4)O[C@@H]3C3=C(C)[C@@H](OC(=O)[C@H](O)[C@@H](NC(=O)OC(C)(C)C)c4ncccc4F)C[C@@](O)([C@@H](OC(=O)c4ccccc4)[C@@H]12)C3(C)C. The van der Waals surface area contributed by atoms with Gasteiger partial charge in [-0.2, -0.15) is 0 Å². The first kappa shape index (κ1) is 95.1. The Hall–Kier alpha value is -9.99. The first-order valence-corrected chi connectivity index (χ1v) is 43.4. The van der Waals surface area contributed by atoms with E-state index in [1.54, 1.807) is 144 Å². The van der Waals surface area contributed by atoms with Crippen LogP contribution in [-0.4, -0.2) is 248 Å². The zero-order valence-electron chi connectivity index (χ0n) is 75.0. The molecule has 8 N–H and O–H groups in total. The Morgan fingerprint density at radius 3 is 1.35 bits per heavy atom. The third-order valence-electron chi connectivity index (χ3n) is 28.0. The fourth-order valence-electron chi connectivity index (χ4n) is 22.0. The summed E-state index contributed by atoms with van der Waals surface area (Å²) in [6.45, 7) is 31.2. The number of nitrogens with one attached hydrogen (secondary N) is 2. The van der Waals surface area contributed by atoms with Crippen molar-refractivity contribution in [2.45, 2.75) is 287 Å². The van der Waals surface area contributed by atoms with E-state index in [9.17, 15) is 63.6 Å². The molecule has 4 bridgehead atoms. The standard InChI is InChI=1S/C48H61FN4O15.C45H55FN2O13/c1-24-29(63-41(57)35(55)34(33-28(49)15-12-18-51-33)52-43(59)68-44(3,4)5)19-48(60)39(66-40(56)26-13-10-9-11-14-26)37-46(8,17-16-30-47(37,23-61-30)67-25(2)54)38-36(32(24)45(48,6)7)64-31(65-38)22-53-20-27(21-53)62-42(50)58;1-10-29-57-34-30-23(2)27(56-39(52)33(50)32(31-26(46)17-14-20-47-31)48-40(53)61-41(4,5)6)21-45(54,42(30,7)8)37(59-38(51)25-15-12-11-13-16-25)35-43(9,36(34)58-29)19-18-28-44(35,22-55-28)60-24(3)49/h9-15,18,27,29-31,34-39,55,60H,16-17,19-23H2,1-8H3,(H2,50,58)(H,52,59);10-17,20,27-29,32-37,50,54H,1,18-19,21-22H2,2-9H3,(H,48,53)/t29-,30+,31+,34-,35+,36+,37-,38+,39-,46+,47-,48+;27-,28+,29+,32-,33+,34+,35-,36+,37-,43+,44-,45+/m00/s1. The second-order valence-electron chi connectivity index (χ2n) is 39.1. The Balaban J connectivity index is 0.000000210. The van der Waals surface area contributed by atoms with Crippen molar-refractivity contribution in [1.82, 2.24) is 25.5 Å². The van der Waals surface area contributed by atoms with Crippen molar-refractivity contribution in [2.24, 2.45) is 39.2 Å². The summed E-state index contributed by atoms with van der Waals surface area (Å²) in [7, 11) is 0. The molecule has 4 saturated carbocycles. The minimum atomic E-state index is -2.28. The predicted molar refractivity (Wildman–Crippen MR) is 446 cm³/mol. The van der Waals surface area contributed by atoms with Crippen LogP contribution < -0.4 is 16.4 Å². The maximum absolute atomic E-state index is 15.4. The minimum absolute atomic E-state index is 0.0705. The summed E-state index contributed by atoms with van der Waals surface area (Å²) in [5.74, 6) is -9.35. The van der Waals surface area contributed by atoms with Crippen molar-refractivity contribution in [3.05, 3.63) is 166 Å². The smallest absolute Gasteiger partial charge is 0.408 e. The first-order valence-electron chi connectivity index (χ1n) is 43.4. The lowest BCUT2D eigenvalue weighted by Gasteiger charge is -2.68. The lowest BCUT2D eigenvalue weighted by molar-refractivity contribution is -0.345. The average molecular weight is 1800 g/mol. The van der Waals surface area contributed by atoms with Gasteiger partial charge in [0.1, 0.15) is 112 Å². The van der Waals surface area contributed by atoms with Crippen LogP contribution in [0.5, 0.6) is 0 Å². The lowest BCUT2D eigenvalue weighted by atomic mass is 9.45. The second kappa shape index (κ2) is 35.3. The van der Waals surface area contributed by atoms with Gasteiger partial charge < -0.3 is 108 Å². The number of carbonyl (C=O) groups is 9. The molecule has 5 aliphatic heterocycles. The van der Waals surface area contributed by atoms with E-state index in [1.165, 1.54) is 44.4 Å². The van der Waals surface area contributed by atoms with Crippen molar-refractivity contribution in [1.29, 1.82) is 0 Å². The molecule has 129 heavy (non-hydrogen) atoms. The van der Waals surface area contributed by atoms with Crippen molar-refractivity contribution >= 4 is 54.1 Å². The number of fused-ring (bicyclic) bond motifs is 16. The number of halogens is 2. The topological polar surface area (TPSA) is 452 Å². The molecular formula is C93H116F2N6O28. The zero-order chi connectivity index (χ0) is 93.8. The maximum Gasteiger partial charge on any atom is 0.408 e. The van der Waals surface area contributed by atoms with Gasteiger partial charge in [0.25, 0.3) is 0 Å². The van der Waals surface area contributed by atoms with Gasteiger partial charge in [-0.3, -0.25) is 24.5 Å². The molecule has 0 spiro atoms. The van der Waals surface area contributed by atoms with Crippen LogP contribution in [-0.2, 0) is 90.2 Å². The van der Waals surface area contributed by atoms with Crippen LogP contribution in [0.4, 0.5) is 23.2 Å². The summed E-state index contributed by atoms with van der Waals surface area (Å²) >= 11 is 0. The fourth-order valence-corrected chi connectivity index (χ4v) is 22.0. The van der Waals surface area contributed by atoms with E-state index < -0.39 is 261 Å². The van der Waals surface area contributed by atoms with Crippen LogP contribution in [0.15, 0.2) is 132 Å². The lowest BCUT2D eigenvalue weighted by Crippen LogP contribution is -2.79. The number of esters is 6. The van der Waals surface area contributed by atoms with Gasteiger partial charge in [0.15, 0.2) is 36.0 Å². The van der Waals surface area contributed by atoms with Gasteiger partial charge in [-0.25, -0.2) is 42.3 Å². The number of aliphatic hydroxyl groups excluding tert-OH is 2. The highest BCUT2D eigenvalue weighted by atomic mass is 19.1. The molecule has 11 aliphatic rings. The van der Waals surface area contributed by atoms with Crippen LogP contribution in [0.25, 0.3) is 0 Å². The van der Waals surface area contributed by atoms with Crippen LogP contribution in [0.1, 0.15) is 193 Å². The Morgan fingerprint density at radius 2 is 0.984 bits per heavy atom. The fraction of sp³-hybridized carbons (Fsp3) is 0.602. The number of carbonyl (C=O) groups excluding carboxylic acids is 9. The van der Waals surface area contributed by atoms with Crippen LogP contribution >= 0.6 is 0 Å². The van der Waals surface area contributed by atoms with Gasteiger partial charge in [-0.05, 0) is 158 Å². The van der Waals surface area contributed by atoms with E-state index in [4.69, 9.17) is 76.8 Å². The van der Waals surface area contributed by atoms with E-state index in [1.807, 2.05) is 18.7 Å². The number of rotatable bonds is 20. The van der Waals surface area contributed by atoms with E-state index in [0.29, 0.717) is 61.1 Å². The molecule has 0 unspecified atom stereocenters. The maximum atomic E-state index is 15.4. The summed E-state index contributed by atoms with van der Waals surface area (Å²) in [6, 6.07) is 17.5.